The molecule has 22 heavy (non-hydrogen) atoms. The van der Waals surface area contributed by atoms with Gasteiger partial charge in [-0.25, -0.2) is 22.8 Å². The van der Waals surface area contributed by atoms with Gasteiger partial charge in [0.1, 0.15) is 11.6 Å². The van der Waals surface area contributed by atoms with Crippen molar-refractivity contribution in [3.8, 4) is 5.69 Å². The van der Waals surface area contributed by atoms with Crippen LogP contribution in [0.15, 0.2) is 24.3 Å². The quantitative estimate of drug-likeness (QED) is 0.850. The van der Waals surface area contributed by atoms with Crippen LogP contribution in [-0.2, 0) is 0 Å². The van der Waals surface area contributed by atoms with E-state index >= 15 is 0 Å². The predicted octanol–water partition coefficient (Wildman–Crippen LogP) is 1.85. The van der Waals surface area contributed by atoms with E-state index in [1.807, 2.05) is 0 Å². The van der Waals surface area contributed by atoms with Crippen molar-refractivity contribution >= 4 is 5.91 Å². The first-order valence-electron chi connectivity index (χ1n) is 6.72. The van der Waals surface area contributed by atoms with Crippen LogP contribution in [-0.4, -0.2) is 51.0 Å². The number of aromatic nitrogens is 3. The first kappa shape index (κ1) is 14.6. The molecule has 0 spiro atoms. The molecule has 1 fully saturated rings. The van der Waals surface area contributed by atoms with Gasteiger partial charge < -0.3 is 4.90 Å². The summed E-state index contributed by atoms with van der Waals surface area (Å²) in [6, 6.07) is 5.52. The number of hydrogen-bond acceptors (Lipinski definition) is 3. The summed E-state index contributed by atoms with van der Waals surface area (Å²) in [7, 11) is 0. The number of carbonyl (C=O) groups excluding carboxylic acids is 1. The van der Waals surface area contributed by atoms with Gasteiger partial charge in [-0.3, -0.25) is 4.79 Å². The second-order valence-electron chi connectivity index (χ2n) is 5.11. The standard InChI is InChI=1S/C14H13F3N4O/c1-8-18-13(14(22)20-6-11(16)12(17)7-20)19-21(8)10-4-2-9(15)3-5-10/h2-5,11-12H,6-7H2,1H3/t11-,12+. The smallest absolute Gasteiger partial charge is 0.293 e. The van der Waals surface area contributed by atoms with Crippen molar-refractivity contribution in [2.45, 2.75) is 19.3 Å². The average molecular weight is 310 g/mol. The number of benzene rings is 1. The van der Waals surface area contributed by atoms with Crippen molar-refractivity contribution in [3.05, 3.63) is 41.7 Å². The molecular formula is C14H13F3N4O. The fourth-order valence-corrected chi connectivity index (χ4v) is 2.34. The van der Waals surface area contributed by atoms with Crippen LogP contribution in [0.5, 0.6) is 0 Å². The molecule has 1 aliphatic heterocycles. The molecule has 116 valence electrons. The Hall–Kier alpha value is -2.38. The minimum absolute atomic E-state index is 0.136. The third-order valence-corrected chi connectivity index (χ3v) is 3.50. The van der Waals surface area contributed by atoms with Crippen molar-refractivity contribution in [1.82, 2.24) is 19.7 Å². The maximum Gasteiger partial charge on any atom is 0.293 e. The maximum absolute atomic E-state index is 13.2. The van der Waals surface area contributed by atoms with Crippen molar-refractivity contribution in [1.29, 1.82) is 0 Å². The second-order valence-corrected chi connectivity index (χ2v) is 5.11. The van der Waals surface area contributed by atoms with Crippen LogP contribution in [0, 0.1) is 12.7 Å². The zero-order valence-electron chi connectivity index (χ0n) is 11.7. The number of aryl methyl sites for hydroxylation is 1. The van der Waals surface area contributed by atoms with E-state index in [9.17, 15) is 18.0 Å². The van der Waals surface area contributed by atoms with Crippen molar-refractivity contribution < 1.29 is 18.0 Å². The minimum atomic E-state index is -1.68. The molecule has 0 N–H and O–H groups in total. The summed E-state index contributed by atoms with van der Waals surface area (Å²) >= 11 is 0. The fourth-order valence-electron chi connectivity index (χ4n) is 2.34. The molecule has 8 heteroatoms. The normalized spacial score (nSPS) is 21.4. The number of alkyl halides is 2. The van der Waals surface area contributed by atoms with Gasteiger partial charge in [0.05, 0.1) is 18.8 Å². The third-order valence-electron chi connectivity index (χ3n) is 3.50. The number of rotatable bonds is 2. The van der Waals surface area contributed by atoms with Crippen molar-refractivity contribution in [3.63, 3.8) is 0 Å². The van der Waals surface area contributed by atoms with Gasteiger partial charge in [0.15, 0.2) is 12.3 Å². The summed E-state index contributed by atoms with van der Waals surface area (Å²) in [5, 5.41) is 4.05. The third kappa shape index (κ3) is 2.56. The van der Waals surface area contributed by atoms with Gasteiger partial charge in [0.2, 0.25) is 5.82 Å². The van der Waals surface area contributed by atoms with E-state index in [2.05, 4.69) is 10.1 Å². The predicted molar refractivity (Wildman–Crippen MR) is 71.7 cm³/mol. The lowest BCUT2D eigenvalue weighted by molar-refractivity contribution is 0.0766. The number of halogens is 3. The molecule has 2 aromatic rings. The van der Waals surface area contributed by atoms with E-state index in [0.29, 0.717) is 11.5 Å². The van der Waals surface area contributed by atoms with E-state index < -0.39 is 24.1 Å². The Labute approximate surface area is 124 Å². The lowest BCUT2D eigenvalue weighted by Crippen LogP contribution is -2.30. The van der Waals surface area contributed by atoms with Gasteiger partial charge in [-0.05, 0) is 31.2 Å². The highest BCUT2D eigenvalue weighted by Gasteiger charge is 2.37. The molecule has 0 radical (unpaired) electrons. The highest BCUT2D eigenvalue weighted by Crippen LogP contribution is 2.19. The van der Waals surface area contributed by atoms with Crippen LogP contribution in [0.2, 0.25) is 0 Å². The molecule has 3 rings (SSSR count). The molecule has 1 saturated heterocycles. The van der Waals surface area contributed by atoms with E-state index in [0.717, 1.165) is 4.90 Å². The summed E-state index contributed by atoms with van der Waals surface area (Å²) < 4.78 is 40.7. The monoisotopic (exact) mass is 310 g/mol. The lowest BCUT2D eigenvalue weighted by Gasteiger charge is -2.11. The van der Waals surface area contributed by atoms with E-state index in [1.54, 1.807) is 6.92 Å². The molecule has 1 aliphatic rings. The van der Waals surface area contributed by atoms with Crippen LogP contribution in [0.25, 0.3) is 5.69 Å². The van der Waals surface area contributed by atoms with E-state index in [-0.39, 0.29) is 18.9 Å². The Balaban J connectivity index is 1.86. The Morgan fingerprint density at radius 3 is 2.36 bits per heavy atom. The van der Waals surface area contributed by atoms with Gasteiger partial charge in [-0.1, -0.05) is 0 Å². The average Bonchev–Trinajstić information content (AvgIpc) is 3.03. The largest absolute Gasteiger partial charge is 0.330 e. The molecule has 0 bridgehead atoms. The number of carbonyl (C=O) groups is 1. The molecule has 0 aliphatic carbocycles. The van der Waals surface area contributed by atoms with E-state index in [4.69, 9.17) is 0 Å². The summed E-state index contributed by atoms with van der Waals surface area (Å²) in [5.41, 5.74) is 0.540. The lowest BCUT2D eigenvalue weighted by atomic mass is 10.3. The van der Waals surface area contributed by atoms with Crippen LogP contribution < -0.4 is 0 Å². The van der Waals surface area contributed by atoms with Gasteiger partial charge in [0.25, 0.3) is 5.91 Å². The molecule has 1 aromatic heterocycles. The van der Waals surface area contributed by atoms with Gasteiger partial charge in [-0.15, -0.1) is 5.10 Å². The van der Waals surface area contributed by atoms with Crippen LogP contribution in [0.3, 0.4) is 0 Å². The number of amides is 1. The molecule has 1 aromatic carbocycles. The molecule has 5 nitrogen and oxygen atoms in total. The Kier molecular flexibility index (Phi) is 3.59. The topological polar surface area (TPSA) is 51.0 Å². The summed E-state index contributed by atoms with van der Waals surface area (Å²) in [4.78, 5) is 17.3. The molecule has 0 saturated carbocycles. The molecule has 0 unspecified atom stereocenters. The SMILES string of the molecule is Cc1nc(C(=O)N2C[C@@H](F)[C@@H](F)C2)nn1-c1ccc(F)cc1. The van der Waals surface area contributed by atoms with Gasteiger partial charge >= 0.3 is 0 Å². The molecular weight excluding hydrogens is 297 g/mol. The van der Waals surface area contributed by atoms with Gasteiger partial charge in [0, 0.05) is 0 Å². The summed E-state index contributed by atoms with van der Waals surface area (Å²) in [5.74, 6) is -0.726. The van der Waals surface area contributed by atoms with Crippen molar-refractivity contribution in [2.24, 2.45) is 0 Å². The number of nitrogens with zero attached hydrogens (tertiary/aromatic N) is 4. The highest BCUT2D eigenvalue weighted by atomic mass is 19.2. The molecule has 1 amide bonds. The van der Waals surface area contributed by atoms with Crippen LogP contribution >= 0.6 is 0 Å². The maximum atomic E-state index is 13.2. The van der Waals surface area contributed by atoms with Crippen LogP contribution in [0.4, 0.5) is 13.2 Å². The van der Waals surface area contributed by atoms with E-state index in [1.165, 1.54) is 28.9 Å². The second kappa shape index (κ2) is 5.43. The Morgan fingerprint density at radius 1 is 1.18 bits per heavy atom. The molecule has 2 atom stereocenters. The van der Waals surface area contributed by atoms with Crippen molar-refractivity contribution in [2.75, 3.05) is 13.1 Å². The first-order chi connectivity index (χ1) is 10.5. The zero-order chi connectivity index (χ0) is 15.9. The Morgan fingerprint density at radius 2 is 1.77 bits per heavy atom. The van der Waals surface area contributed by atoms with Gasteiger partial charge in [-0.2, -0.15) is 0 Å². The first-order valence-corrected chi connectivity index (χ1v) is 6.72. The summed E-state index contributed by atoms with van der Waals surface area (Å²) in [6.07, 6.45) is -3.35. The molecule has 2 heterocycles. The highest BCUT2D eigenvalue weighted by molar-refractivity contribution is 5.90. The van der Waals surface area contributed by atoms with Crippen LogP contribution in [0.1, 0.15) is 16.4 Å². The summed E-state index contributed by atoms with van der Waals surface area (Å²) in [6.45, 7) is 1.03. The minimum Gasteiger partial charge on any atom is -0.330 e. The zero-order valence-corrected chi connectivity index (χ0v) is 11.7. The number of likely N-dealkylation sites (tertiary alicyclic amines) is 1. The number of hydrogen-bond donors (Lipinski definition) is 0. The fraction of sp³-hybridized carbons (Fsp3) is 0.357. The Bertz CT molecular complexity index is 691.